The van der Waals surface area contributed by atoms with Crippen molar-refractivity contribution in [2.75, 3.05) is 12.4 Å². The van der Waals surface area contributed by atoms with Gasteiger partial charge in [0.15, 0.2) is 0 Å². The SMILES string of the molecule is CN=C(N)N=C(N)Nc1cc(C(F)(F)F)ccc1Br. The minimum atomic E-state index is -4.44. The Bertz CT molecular complexity index is 524. The van der Waals surface area contributed by atoms with Crippen molar-refractivity contribution in [1.82, 2.24) is 0 Å². The number of hydrogen-bond donors (Lipinski definition) is 3. The van der Waals surface area contributed by atoms with Crippen molar-refractivity contribution >= 4 is 33.5 Å². The third kappa shape index (κ3) is 4.43. The largest absolute Gasteiger partial charge is 0.416 e. The zero-order chi connectivity index (χ0) is 14.6. The number of guanidine groups is 2. The van der Waals surface area contributed by atoms with Crippen LogP contribution in [-0.4, -0.2) is 19.0 Å². The number of hydrogen-bond acceptors (Lipinski definition) is 1. The molecule has 9 heteroatoms. The molecule has 0 spiro atoms. The number of benzene rings is 1. The highest BCUT2D eigenvalue weighted by Gasteiger charge is 2.30. The summed E-state index contributed by atoms with van der Waals surface area (Å²) in [6, 6.07) is 3.12. The Kier molecular flexibility index (Phi) is 4.76. The number of rotatable bonds is 1. The maximum absolute atomic E-state index is 12.6. The second kappa shape index (κ2) is 5.91. The summed E-state index contributed by atoms with van der Waals surface area (Å²) in [5.74, 6) is -0.253. The molecule has 0 atom stereocenters. The molecule has 1 aromatic rings. The Morgan fingerprint density at radius 3 is 2.47 bits per heavy atom. The lowest BCUT2D eigenvalue weighted by molar-refractivity contribution is -0.137. The van der Waals surface area contributed by atoms with Gasteiger partial charge in [-0.15, -0.1) is 0 Å². The van der Waals surface area contributed by atoms with Crippen molar-refractivity contribution in [1.29, 1.82) is 0 Å². The van der Waals surface area contributed by atoms with Crippen LogP contribution in [0.15, 0.2) is 32.7 Å². The van der Waals surface area contributed by atoms with Crippen LogP contribution in [0.1, 0.15) is 5.56 Å². The van der Waals surface area contributed by atoms with Crippen molar-refractivity contribution in [3.8, 4) is 0 Å². The molecule has 0 bridgehead atoms. The number of anilines is 1. The Labute approximate surface area is 115 Å². The summed E-state index contributed by atoms with van der Waals surface area (Å²) in [4.78, 5) is 7.18. The molecule has 0 heterocycles. The van der Waals surface area contributed by atoms with Crippen LogP contribution < -0.4 is 16.8 Å². The summed E-state index contributed by atoms with van der Waals surface area (Å²) in [6.07, 6.45) is -4.44. The summed E-state index contributed by atoms with van der Waals surface area (Å²) in [5.41, 5.74) is 10.1. The van der Waals surface area contributed by atoms with Gasteiger partial charge in [-0.1, -0.05) is 0 Å². The summed E-state index contributed by atoms with van der Waals surface area (Å²) in [6.45, 7) is 0. The molecule has 1 rings (SSSR count). The summed E-state index contributed by atoms with van der Waals surface area (Å²) >= 11 is 3.11. The van der Waals surface area contributed by atoms with Crippen LogP contribution in [0.2, 0.25) is 0 Å². The van der Waals surface area contributed by atoms with E-state index in [9.17, 15) is 13.2 Å². The van der Waals surface area contributed by atoms with E-state index in [4.69, 9.17) is 11.5 Å². The van der Waals surface area contributed by atoms with Crippen LogP contribution in [0.3, 0.4) is 0 Å². The summed E-state index contributed by atoms with van der Waals surface area (Å²) in [7, 11) is 1.41. The third-order valence-electron chi connectivity index (χ3n) is 2.02. The van der Waals surface area contributed by atoms with E-state index >= 15 is 0 Å². The predicted octanol–water partition coefficient (Wildman–Crippen LogP) is 2.14. The van der Waals surface area contributed by atoms with Gasteiger partial charge in [-0.3, -0.25) is 4.99 Å². The highest BCUT2D eigenvalue weighted by molar-refractivity contribution is 9.10. The summed E-state index contributed by atoms with van der Waals surface area (Å²) in [5, 5.41) is 2.51. The molecular weight excluding hydrogens is 327 g/mol. The lowest BCUT2D eigenvalue weighted by Gasteiger charge is -2.12. The molecule has 104 valence electrons. The second-order valence-electron chi connectivity index (χ2n) is 3.40. The average Bonchev–Trinajstić information content (AvgIpc) is 2.30. The molecule has 5 nitrogen and oxygen atoms in total. The van der Waals surface area contributed by atoms with Crippen LogP contribution in [0.4, 0.5) is 18.9 Å². The van der Waals surface area contributed by atoms with Gasteiger partial charge in [-0.2, -0.15) is 18.2 Å². The fourth-order valence-corrected chi connectivity index (χ4v) is 1.48. The number of nitrogens with one attached hydrogen (secondary N) is 1. The van der Waals surface area contributed by atoms with Crippen LogP contribution in [0, 0.1) is 0 Å². The van der Waals surface area contributed by atoms with Gasteiger partial charge in [0.25, 0.3) is 0 Å². The molecule has 5 N–H and O–H groups in total. The van der Waals surface area contributed by atoms with Gasteiger partial charge in [0.05, 0.1) is 11.3 Å². The van der Waals surface area contributed by atoms with E-state index in [1.165, 1.54) is 13.1 Å². The summed E-state index contributed by atoms with van der Waals surface area (Å²) < 4.78 is 38.1. The van der Waals surface area contributed by atoms with E-state index in [0.717, 1.165) is 12.1 Å². The number of aliphatic imine (C=N–C) groups is 2. The number of nitrogens with zero attached hydrogens (tertiary/aromatic N) is 2. The average molecular weight is 338 g/mol. The molecule has 0 saturated carbocycles. The van der Waals surface area contributed by atoms with E-state index in [0.29, 0.717) is 4.47 Å². The van der Waals surface area contributed by atoms with Gasteiger partial charge in [0, 0.05) is 11.5 Å². The highest BCUT2D eigenvalue weighted by atomic mass is 79.9. The molecule has 1 aromatic carbocycles. The smallest absolute Gasteiger partial charge is 0.369 e. The first kappa shape index (κ1) is 15.3. The lowest BCUT2D eigenvalue weighted by atomic mass is 10.2. The molecule has 0 unspecified atom stereocenters. The molecule has 0 fully saturated rings. The Hall–Kier alpha value is -1.77. The maximum atomic E-state index is 12.6. The predicted molar refractivity (Wildman–Crippen MR) is 71.9 cm³/mol. The minimum Gasteiger partial charge on any atom is -0.369 e. The molecular formula is C10H11BrF3N5. The Morgan fingerprint density at radius 1 is 1.32 bits per heavy atom. The van der Waals surface area contributed by atoms with Crippen molar-refractivity contribution in [3.63, 3.8) is 0 Å². The number of halogens is 4. The van der Waals surface area contributed by atoms with Gasteiger partial charge in [0.2, 0.25) is 11.9 Å². The van der Waals surface area contributed by atoms with E-state index in [1.54, 1.807) is 0 Å². The fraction of sp³-hybridized carbons (Fsp3) is 0.200. The van der Waals surface area contributed by atoms with Crippen LogP contribution in [0.5, 0.6) is 0 Å². The van der Waals surface area contributed by atoms with Gasteiger partial charge >= 0.3 is 6.18 Å². The van der Waals surface area contributed by atoms with Crippen LogP contribution in [0.25, 0.3) is 0 Å². The molecule has 0 aliphatic heterocycles. The Morgan fingerprint density at radius 2 is 1.95 bits per heavy atom. The van der Waals surface area contributed by atoms with Gasteiger partial charge in [-0.25, -0.2) is 0 Å². The lowest BCUT2D eigenvalue weighted by Crippen LogP contribution is -2.26. The normalized spacial score (nSPS) is 13.5. The molecule has 19 heavy (non-hydrogen) atoms. The molecule has 0 radical (unpaired) electrons. The first-order valence-electron chi connectivity index (χ1n) is 4.94. The van der Waals surface area contributed by atoms with E-state index in [1.807, 2.05) is 0 Å². The van der Waals surface area contributed by atoms with Gasteiger partial charge in [-0.05, 0) is 34.1 Å². The topological polar surface area (TPSA) is 88.8 Å². The monoisotopic (exact) mass is 337 g/mol. The van der Waals surface area contributed by atoms with E-state index < -0.39 is 11.7 Å². The third-order valence-corrected chi connectivity index (χ3v) is 2.71. The first-order valence-corrected chi connectivity index (χ1v) is 5.73. The minimum absolute atomic E-state index is 0.0897. The molecule has 0 amide bonds. The molecule has 0 aliphatic carbocycles. The first-order chi connectivity index (χ1) is 8.74. The van der Waals surface area contributed by atoms with Crippen LogP contribution in [-0.2, 0) is 6.18 Å². The number of nitrogens with two attached hydrogens (primary N) is 2. The van der Waals surface area contributed by atoms with Crippen molar-refractivity contribution in [3.05, 3.63) is 28.2 Å². The van der Waals surface area contributed by atoms with Gasteiger partial charge in [0.1, 0.15) is 0 Å². The zero-order valence-electron chi connectivity index (χ0n) is 9.79. The quantitative estimate of drug-likeness (QED) is 0.541. The van der Waals surface area contributed by atoms with E-state index in [-0.39, 0.29) is 17.6 Å². The van der Waals surface area contributed by atoms with Gasteiger partial charge < -0.3 is 16.8 Å². The second-order valence-corrected chi connectivity index (χ2v) is 4.25. The fourth-order valence-electron chi connectivity index (χ4n) is 1.14. The van der Waals surface area contributed by atoms with Crippen molar-refractivity contribution in [2.45, 2.75) is 6.18 Å². The van der Waals surface area contributed by atoms with Crippen molar-refractivity contribution < 1.29 is 13.2 Å². The highest BCUT2D eigenvalue weighted by Crippen LogP contribution is 2.33. The molecule has 0 saturated heterocycles. The molecule has 0 aliphatic rings. The van der Waals surface area contributed by atoms with Crippen LogP contribution >= 0.6 is 15.9 Å². The standard InChI is InChI=1S/C10H11BrF3N5/c1-17-8(15)19-9(16)18-7-4-5(10(12,13)14)2-3-6(7)11/h2-4H,1H3,(H5,15,16,17,18,19). The zero-order valence-corrected chi connectivity index (χ0v) is 11.4. The Balaban J connectivity index is 3.05. The maximum Gasteiger partial charge on any atom is 0.416 e. The number of alkyl halides is 3. The van der Waals surface area contributed by atoms with E-state index in [2.05, 4.69) is 31.2 Å². The van der Waals surface area contributed by atoms with Crippen molar-refractivity contribution in [2.24, 2.45) is 21.5 Å². The molecule has 0 aromatic heterocycles.